The van der Waals surface area contributed by atoms with Crippen molar-refractivity contribution in [3.05, 3.63) is 113 Å². The molecular weight excluding hydrogens is 845 g/mol. The molecule has 4 bridgehead atoms. The van der Waals surface area contributed by atoms with Gasteiger partial charge in [-0.2, -0.15) is 0 Å². The quantitative estimate of drug-likeness (QED) is 0.0569. The zero-order valence-electron chi connectivity index (χ0n) is 34.8. The molecule has 11 unspecified atom stereocenters. The van der Waals surface area contributed by atoms with Gasteiger partial charge in [0.2, 0.25) is 12.0 Å². The molecule has 5 aromatic rings. The number of benzene rings is 3. The molecule has 9 N–H and O–H groups in total. The van der Waals surface area contributed by atoms with Crippen molar-refractivity contribution in [1.82, 2.24) is 14.9 Å². The Morgan fingerprint density at radius 2 is 1.88 bits per heavy atom. The molecule has 5 aliphatic heterocycles. The second-order valence-electron chi connectivity index (χ2n) is 16.5. The number of nitrogens with one attached hydrogen (secondary N) is 2. The Morgan fingerprint density at radius 3 is 2.66 bits per heavy atom. The Hall–Kier alpha value is -6.72. The third kappa shape index (κ3) is 7.17. The van der Waals surface area contributed by atoms with Gasteiger partial charge in [0.1, 0.15) is 54.6 Å². The van der Waals surface area contributed by atoms with E-state index in [0.717, 1.165) is 22.0 Å². The van der Waals surface area contributed by atoms with Gasteiger partial charge in [0.05, 0.1) is 43.4 Å². The first-order valence-electron chi connectivity index (χ1n) is 21.1. The van der Waals surface area contributed by atoms with Crippen molar-refractivity contribution in [2.45, 2.75) is 92.5 Å². The predicted octanol–water partition coefficient (Wildman–Crippen LogP) is 2.41. The van der Waals surface area contributed by atoms with Crippen molar-refractivity contribution in [2.75, 3.05) is 13.7 Å². The number of nitrogens with zero attached hydrogens (tertiary/aromatic N) is 1. The number of H-pyrrole nitrogens is 1. The number of hydrogen-bond acceptors (Lipinski definition) is 15. The maximum absolute atomic E-state index is 12.7. The van der Waals surface area contributed by atoms with Gasteiger partial charge in [0.15, 0.2) is 23.2 Å². The van der Waals surface area contributed by atoms with E-state index < -0.39 is 84.9 Å². The van der Waals surface area contributed by atoms with Crippen LogP contribution in [0.2, 0.25) is 0 Å². The van der Waals surface area contributed by atoms with Crippen LogP contribution in [0.15, 0.2) is 85.3 Å². The Balaban J connectivity index is 1.11. The summed E-state index contributed by atoms with van der Waals surface area (Å²) in [5.41, 5.74) is 8.56. The number of aromatic nitrogens is 2. The smallest absolute Gasteiger partial charge is 0.317 e. The number of carboxylic acid groups (broad SMARTS) is 1. The highest BCUT2D eigenvalue weighted by atomic mass is 16.7. The van der Waals surface area contributed by atoms with Crippen molar-refractivity contribution in [1.29, 1.82) is 0 Å². The van der Waals surface area contributed by atoms with Crippen LogP contribution in [0, 0.1) is 11.8 Å². The molecule has 5 aliphatic rings. The molecule has 1 fully saturated rings. The van der Waals surface area contributed by atoms with Crippen molar-refractivity contribution in [3.63, 3.8) is 0 Å². The standard InChI is InChI=1S/C47H46N4O14/c1-59-30-11-10-28-35-39-27(23-7-3-2-4-8-23)9-5-6-16-60-41(30)40(28)64-42(35)34-25(21-51-20-24-12-14-49-36(24)29(51)22-52)17-26(18-31(34)62-39)61-46-38(57)37(56)43(58)47(65-46)13-15-50-45(48)44(47)63-33(55)19-32(53)54/h2-4,7-8,10-15,17-18,20,27,35,37-39,42-46,49-50,52,56-58H,6,16,19,21-22,48H2,1H3,(H,53,54). The number of aliphatic carboxylic acids is 1. The van der Waals surface area contributed by atoms with Gasteiger partial charge in [-0.15, -0.1) is 0 Å². The fourth-order valence-electron chi connectivity index (χ4n) is 9.77. The molecule has 0 amide bonds. The number of ether oxygens (including phenoxy) is 7. The van der Waals surface area contributed by atoms with E-state index in [1.807, 2.05) is 59.3 Å². The highest BCUT2D eigenvalue weighted by molar-refractivity contribution is 5.90. The molecule has 338 valence electrons. The average molecular weight is 891 g/mol. The molecule has 18 heteroatoms. The number of fused-ring (bicyclic) bond motifs is 3. The molecule has 0 saturated carbocycles. The largest absolute Gasteiger partial charge is 0.493 e. The van der Waals surface area contributed by atoms with Crippen LogP contribution in [0.4, 0.5) is 0 Å². The minimum absolute atomic E-state index is 0.0910. The summed E-state index contributed by atoms with van der Waals surface area (Å²) in [6, 6.07) is 18.9. The number of carboxylic acids is 1. The number of aliphatic hydroxyl groups is 4. The summed E-state index contributed by atoms with van der Waals surface area (Å²) in [7, 11) is 1.56. The Labute approximate surface area is 371 Å². The fraction of sp³-hybridized carbons (Fsp3) is 0.362. The van der Waals surface area contributed by atoms with Crippen LogP contribution < -0.4 is 34.7 Å². The third-order valence-electron chi connectivity index (χ3n) is 12.7. The van der Waals surface area contributed by atoms with Gasteiger partial charge in [-0.1, -0.05) is 48.2 Å². The van der Waals surface area contributed by atoms with E-state index in [-0.39, 0.29) is 25.5 Å². The molecule has 10 rings (SSSR count). The van der Waals surface area contributed by atoms with E-state index >= 15 is 0 Å². The summed E-state index contributed by atoms with van der Waals surface area (Å²) in [4.78, 5) is 27.3. The minimum Gasteiger partial charge on any atom is -0.493 e. The normalized spacial score (nSPS) is 29.4. The van der Waals surface area contributed by atoms with E-state index in [4.69, 9.17) is 38.9 Å². The summed E-state index contributed by atoms with van der Waals surface area (Å²) >= 11 is 0. The molecule has 2 aromatic heterocycles. The topological polar surface area (TPSA) is 259 Å². The molecule has 1 spiro atoms. The number of rotatable bonds is 10. The first kappa shape index (κ1) is 42.2. The van der Waals surface area contributed by atoms with Crippen LogP contribution in [0.1, 0.15) is 58.7 Å². The van der Waals surface area contributed by atoms with Gasteiger partial charge in [-0.05, 0) is 41.6 Å². The van der Waals surface area contributed by atoms with Crippen LogP contribution in [0.5, 0.6) is 28.7 Å². The minimum atomic E-state index is -2.13. The van der Waals surface area contributed by atoms with E-state index in [1.54, 1.807) is 25.4 Å². The fourth-order valence-corrected chi connectivity index (χ4v) is 9.77. The molecule has 65 heavy (non-hydrogen) atoms. The molecule has 1 saturated heterocycles. The molecule has 0 radical (unpaired) electrons. The highest BCUT2D eigenvalue weighted by Gasteiger charge is 2.61. The number of methoxy groups -OCH3 is 1. The Morgan fingerprint density at radius 1 is 1.05 bits per heavy atom. The lowest BCUT2D eigenvalue weighted by Crippen LogP contribution is -2.74. The van der Waals surface area contributed by atoms with Crippen LogP contribution >= 0.6 is 0 Å². The van der Waals surface area contributed by atoms with E-state index in [9.17, 15) is 35.1 Å². The first-order valence-corrected chi connectivity index (χ1v) is 21.1. The van der Waals surface area contributed by atoms with E-state index in [0.29, 0.717) is 46.2 Å². The Bertz CT molecular complexity index is 2740. The molecule has 0 aliphatic carbocycles. The number of nitrogens with two attached hydrogens (primary N) is 1. The highest BCUT2D eigenvalue weighted by Crippen LogP contribution is 2.61. The SMILES string of the molecule is COc1ccc2c3c1OCCC#CC(c1ccccc1)C1Oc4cc(OC5OC6(C=CNC(N)C6OC(=O)CC(=O)O)C(O)C(O)C5O)cc(Cn5cc6cc[nH]c6c5CO)c4C(O3)C21. The van der Waals surface area contributed by atoms with Crippen molar-refractivity contribution in [3.8, 4) is 40.6 Å². The number of hydrogen-bond donors (Lipinski definition) is 8. The molecule has 11 atom stereocenters. The van der Waals surface area contributed by atoms with Gasteiger partial charge in [0, 0.05) is 47.9 Å². The zero-order valence-corrected chi connectivity index (χ0v) is 34.8. The average Bonchev–Trinajstić information content (AvgIpc) is 4.00. The van der Waals surface area contributed by atoms with Gasteiger partial charge in [-0.3, -0.25) is 9.59 Å². The lowest BCUT2D eigenvalue weighted by Gasteiger charge is -2.52. The van der Waals surface area contributed by atoms with Crippen LogP contribution in [0.25, 0.3) is 10.9 Å². The first-order chi connectivity index (χ1) is 31.5. The summed E-state index contributed by atoms with van der Waals surface area (Å²) in [6.07, 6.45) is -6.01. The van der Waals surface area contributed by atoms with E-state index in [1.165, 1.54) is 12.3 Å². The summed E-state index contributed by atoms with van der Waals surface area (Å²) in [5, 5.41) is 57.9. The molecule has 7 heterocycles. The number of carbonyl (C=O) groups is 2. The zero-order chi connectivity index (χ0) is 45.1. The predicted molar refractivity (Wildman–Crippen MR) is 227 cm³/mol. The van der Waals surface area contributed by atoms with Gasteiger partial charge in [0.25, 0.3) is 0 Å². The lowest BCUT2D eigenvalue weighted by atomic mass is 9.76. The van der Waals surface area contributed by atoms with Crippen LogP contribution in [-0.4, -0.2) is 109 Å². The molecule has 18 nitrogen and oxygen atoms in total. The number of esters is 1. The number of aromatic amines is 1. The third-order valence-corrected chi connectivity index (χ3v) is 12.7. The summed E-state index contributed by atoms with van der Waals surface area (Å²) in [6.45, 7) is 0.151. The van der Waals surface area contributed by atoms with Crippen molar-refractivity contribution >= 4 is 22.8 Å². The second-order valence-corrected chi connectivity index (χ2v) is 16.5. The van der Waals surface area contributed by atoms with Crippen molar-refractivity contribution in [2.24, 2.45) is 5.73 Å². The Kier molecular flexibility index (Phi) is 10.8. The van der Waals surface area contributed by atoms with Crippen molar-refractivity contribution < 1.29 is 68.3 Å². The summed E-state index contributed by atoms with van der Waals surface area (Å²) < 4.78 is 46.5. The van der Waals surface area contributed by atoms with Crippen LogP contribution in [0.3, 0.4) is 0 Å². The lowest BCUT2D eigenvalue weighted by molar-refractivity contribution is -0.321. The number of aliphatic hydroxyl groups excluding tert-OH is 4. The van der Waals surface area contributed by atoms with Gasteiger partial charge >= 0.3 is 11.9 Å². The second kappa shape index (κ2) is 16.7. The molecule has 3 aromatic carbocycles. The maximum atomic E-state index is 12.7. The van der Waals surface area contributed by atoms with E-state index in [2.05, 4.69) is 22.1 Å². The van der Waals surface area contributed by atoms with Gasteiger partial charge < -0.3 is 79.3 Å². The summed E-state index contributed by atoms with van der Waals surface area (Å²) in [5.74, 6) is 5.13. The van der Waals surface area contributed by atoms with Gasteiger partial charge in [-0.25, -0.2) is 0 Å². The van der Waals surface area contributed by atoms with Crippen LogP contribution in [-0.2, 0) is 32.2 Å². The maximum Gasteiger partial charge on any atom is 0.317 e. The monoisotopic (exact) mass is 890 g/mol. The molecular formula is C47H46N4O14. The number of carbonyl (C=O) groups excluding carboxylic acids is 1.